The zero-order chi connectivity index (χ0) is 17.2. The van der Waals surface area contributed by atoms with Crippen LogP contribution in [-0.2, 0) is 20.8 Å². The van der Waals surface area contributed by atoms with E-state index in [-0.39, 0.29) is 19.3 Å². The largest absolute Gasteiger partial charge is 0.481 e. The van der Waals surface area contributed by atoms with Crippen LogP contribution in [0, 0.1) is 5.92 Å². The fraction of sp³-hybridized carbons (Fsp3) is 0.471. The monoisotopic (exact) mass is 322 g/mol. The van der Waals surface area contributed by atoms with Crippen molar-refractivity contribution in [3.05, 3.63) is 29.8 Å². The Kier molecular flexibility index (Phi) is 7.80. The lowest BCUT2D eigenvalue weighted by Gasteiger charge is -2.11. The van der Waals surface area contributed by atoms with Gasteiger partial charge in [0, 0.05) is 6.42 Å². The van der Waals surface area contributed by atoms with Gasteiger partial charge in [0.1, 0.15) is 5.75 Å². The molecule has 1 unspecified atom stereocenters. The first-order chi connectivity index (χ1) is 10.9. The number of hydrogen-bond donors (Lipinski definition) is 2. The molecule has 126 valence electrons. The van der Waals surface area contributed by atoms with Gasteiger partial charge in [-0.1, -0.05) is 25.5 Å². The second-order valence-electron chi connectivity index (χ2n) is 5.40. The number of carboxylic acids is 2. The van der Waals surface area contributed by atoms with Crippen molar-refractivity contribution in [2.24, 2.45) is 5.92 Å². The van der Waals surface area contributed by atoms with Crippen molar-refractivity contribution in [3.63, 3.8) is 0 Å². The van der Waals surface area contributed by atoms with Crippen molar-refractivity contribution < 1.29 is 29.3 Å². The number of unbranched alkanes of at least 4 members (excludes halogenated alkanes) is 1. The highest BCUT2D eigenvalue weighted by Crippen LogP contribution is 2.18. The topological polar surface area (TPSA) is 101 Å². The standard InChI is InChI=1S/C17H22O6/c1-2-3-5-12-6-4-7-14(10-12)23-16(20)11-13(17(21)22)8-9-15(18)19/h4,6-7,10,13H,2-3,5,8-9,11H2,1H3,(H,18,19)(H,21,22). The predicted octanol–water partition coefficient (Wildman–Crippen LogP) is 2.89. The lowest BCUT2D eigenvalue weighted by molar-refractivity contribution is -0.148. The van der Waals surface area contributed by atoms with Crippen LogP contribution in [0.5, 0.6) is 5.75 Å². The van der Waals surface area contributed by atoms with E-state index in [0.29, 0.717) is 5.75 Å². The summed E-state index contributed by atoms with van der Waals surface area (Å²) in [6.07, 6.45) is 2.24. The minimum atomic E-state index is -1.19. The van der Waals surface area contributed by atoms with Crippen molar-refractivity contribution in [1.82, 2.24) is 0 Å². The third kappa shape index (κ3) is 7.44. The third-order valence-electron chi connectivity index (χ3n) is 3.42. The number of benzene rings is 1. The summed E-state index contributed by atoms with van der Waals surface area (Å²) in [7, 11) is 0. The maximum atomic E-state index is 11.9. The highest BCUT2D eigenvalue weighted by molar-refractivity contribution is 5.80. The number of carbonyl (C=O) groups is 3. The number of aliphatic carboxylic acids is 2. The number of ether oxygens (including phenoxy) is 1. The van der Waals surface area contributed by atoms with Gasteiger partial charge in [-0.05, 0) is 37.0 Å². The third-order valence-corrected chi connectivity index (χ3v) is 3.42. The lowest BCUT2D eigenvalue weighted by Crippen LogP contribution is -2.21. The fourth-order valence-electron chi connectivity index (χ4n) is 2.13. The molecule has 0 saturated heterocycles. The molecule has 0 aliphatic carbocycles. The van der Waals surface area contributed by atoms with Crippen LogP contribution in [0.2, 0.25) is 0 Å². The van der Waals surface area contributed by atoms with Gasteiger partial charge in [-0.3, -0.25) is 14.4 Å². The van der Waals surface area contributed by atoms with Crippen molar-refractivity contribution in [2.75, 3.05) is 0 Å². The first-order valence-electron chi connectivity index (χ1n) is 7.66. The molecule has 1 aromatic rings. The maximum Gasteiger partial charge on any atom is 0.312 e. The Morgan fingerprint density at radius 1 is 1.22 bits per heavy atom. The number of carbonyl (C=O) groups excluding carboxylic acids is 1. The molecular weight excluding hydrogens is 300 g/mol. The molecule has 1 atom stereocenters. The van der Waals surface area contributed by atoms with Gasteiger partial charge in [0.05, 0.1) is 12.3 Å². The number of carboxylic acid groups (broad SMARTS) is 2. The smallest absolute Gasteiger partial charge is 0.312 e. The molecule has 2 N–H and O–H groups in total. The SMILES string of the molecule is CCCCc1cccc(OC(=O)CC(CCC(=O)O)C(=O)O)c1. The highest BCUT2D eigenvalue weighted by atomic mass is 16.5. The van der Waals surface area contributed by atoms with E-state index in [4.69, 9.17) is 14.9 Å². The summed E-state index contributed by atoms with van der Waals surface area (Å²) in [6, 6.07) is 7.13. The molecule has 6 nitrogen and oxygen atoms in total. The Balaban J connectivity index is 2.60. The van der Waals surface area contributed by atoms with Crippen LogP contribution in [0.4, 0.5) is 0 Å². The molecule has 23 heavy (non-hydrogen) atoms. The van der Waals surface area contributed by atoms with Crippen molar-refractivity contribution in [2.45, 2.75) is 45.4 Å². The van der Waals surface area contributed by atoms with Crippen LogP contribution in [0.25, 0.3) is 0 Å². The quantitative estimate of drug-likeness (QED) is 0.507. The van der Waals surface area contributed by atoms with Gasteiger partial charge in [-0.25, -0.2) is 0 Å². The molecule has 0 fully saturated rings. The molecule has 0 aromatic heterocycles. The van der Waals surface area contributed by atoms with Crippen LogP contribution in [-0.4, -0.2) is 28.1 Å². The normalized spacial score (nSPS) is 11.7. The Labute approximate surface area is 135 Å². The van der Waals surface area contributed by atoms with Gasteiger partial charge in [0.2, 0.25) is 0 Å². The van der Waals surface area contributed by atoms with Crippen LogP contribution in [0.15, 0.2) is 24.3 Å². The van der Waals surface area contributed by atoms with E-state index in [2.05, 4.69) is 6.92 Å². The van der Waals surface area contributed by atoms with Crippen LogP contribution >= 0.6 is 0 Å². The summed E-state index contributed by atoms with van der Waals surface area (Å²) in [5, 5.41) is 17.6. The Morgan fingerprint density at radius 2 is 1.96 bits per heavy atom. The molecule has 0 aliphatic rings. The predicted molar refractivity (Wildman–Crippen MR) is 83.3 cm³/mol. The second-order valence-corrected chi connectivity index (χ2v) is 5.40. The van der Waals surface area contributed by atoms with Gasteiger partial charge in [0.25, 0.3) is 0 Å². The summed E-state index contributed by atoms with van der Waals surface area (Å²) < 4.78 is 5.17. The molecule has 1 aromatic carbocycles. The van der Waals surface area contributed by atoms with Gasteiger partial charge in [-0.2, -0.15) is 0 Å². The minimum absolute atomic E-state index is 0.101. The molecule has 0 amide bonds. The molecule has 1 rings (SSSR count). The van der Waals surface area contributed by atoms with Gasteiger partial charge < -0.3 is 14.9 Å². The minimum Gasteiger partial charge on any atom is -0.481 e. The van der Waals surface area contributed by atoms with Crippen molar-refractivity contribution in [3.8, 4) is 5.75 Å². The summed E-state index contributed by atoms with van der Waals surface area (Å²) in [5.74, 6) is -3.63. The summed E-state index contributed by atoms with van der Waals surface area (Å²) in [5.41, 5.74) is 1.05. The van der Waals surface area contributed by atoms with E-state index in [1.807, 2.05) is 6.07 Å². The molecular formula is C17H22O6. The van der Waals surface area contributed by atoms with Crippen LogP contribution in [0.3, 0.4) is 0 Å². The summed E-state index contributed by atoms with van der Waals surface area (Å²) in [6.45, 7) is 2.09. The van der Waals surface area contributed by atoms with Crippen LogP contribution < -0.4 is 4.74 Å². The zero-order valence-electron chi connectivity index (χ0n) is 13.2. The second kappa shape index (κ2) is 9.61. The molecule has 0 heterocycles. The number of rotatable bonds is 10. The van der Waals surface area contributed by atoms with E-state index in [1.54, 1.807) is 18.2 Å². The van der Waals surface area contributed by atoms with E-state index < -0.39 is 23.8 Å². The molecule has 0 bridgehead atoms. The fourth-order valence-corrected chi connectivity index (χ4v) is 2.13. The number of hydrogen-bond acceptors (Lipinski definition) is 4. The van der Waals surface area contributed by atoms with Gasteiger partial charge >= 0.3 is 17.9 Å². The average molecular weight is 322 g/mol. The van der Waals surface area contributed by atoms with E-state index in [9.17, 15) is 14.4 Å². The van der Waals surface area contributed by atoms with Gasteiger partial charge in [0.15, 0.2) is 0 Å². The molecule has 0 radical (unpaired) electrons. The summed E-state index contributed by atoms with van der Waals surface area (Å²) >= 11 is 0. The van der Waals surface area contributed by atoms with E-state index >= 15 is 0 Å². The maximum absolute atomic E-state index is 11.9. The number of aryl methyl sites for hydroxylation is 1. The zero-order valence-corrected chi connectivity index (χ0v) is 13.2. The van der Waals surface area contributed by atoms with E-state index in [0.717, 1.165) is 24.8 Å². The lowest BCUT2D eigenvalue weighted by atomic mass is 10.00. The summed E-state index contributed by atoms with van der Waals surface area (Å²) in [4.78, 5) is 33.5. The van der Waals surface area contributed by atoms with E-state index in [1.165, 1.54) is 0 Å². The Bertz CT molecular complexity index is 552. The first kappa shape index (κ1) is 18.7. The van der Waals surface area contributed by atoms with Gasteiger partial charge in [-0.15, -0.1) is 0 Å². The molecule has 6 heteroatoms. The Hall–Kier alpha value is -2.37. The van der Waals surface area contributed by atoms with Crippen molar-refractivity contribution >= 4 is 17.9 Å². The van der Waals surface area contributed by atoms with Crippen molar-refractivity contribution in [1.29, 1.82) is 0 Å². The Morgan fingerprint density at radius 3 is 2.57 bits per heavy atom. The first-order valence-corrected chi connectivity index (χ1v) is 7.66. The average Bonchev–Trinajstić information content (AvgIpc) is 2.49. The molecule has 0 aliphatic heterocycles. The highest BCUT2D eigenvalue weighted by Gasteiger charge is 2.23. The van der Waals surface area contributed by atoms with Crippen LogP contribution in [0.1, 0.15) is 44.6 Å². The number of esters is 1. The molecule has 0 spiro atoms. The molecule has 0 saturated carbocycles.